The highest BCUT2D eigenvalue weighted by atomic mass is 32.2. The number of aliphatic hydroxyl groups excluding tert-OH is 4. The fourth-order valence-corrected chi connectivity index (χ4v) is 3.17. The highest BCUT2D eigenvalue weighted by Gasteiger charge is 2.49. The van der Waals surface area contributed by atoms with Crippen molar-refractivity contribution in [3.63, 3.8) is 0 Å². The Hall–Kier alpha value is -0.380. The van der Waals surface area contributed by atoms with Crippen LogP contribution in [0.1, 0.15) is 6.92 Å². The normalized spacial score (nSPS) is 41.2. The van der Waals surface area contributed by atoms with E-state index in [-0.39, 0.29) is 6.61 Å². The molecule has 1 fully saturated rings. The highest BCUT2D eigenvalue weighted by molar-refractivity contribution is 8.14. The number of fused-ring (bicyclic) bond motifs is 1. The molecule has 18 heavy (non-hydrogen) atoms. The Morgan fingerprint density at radius 2 is 2.17 bits per heavy atom. The first-order chi connectivity index (χ1) is 8.54. The molecule has 2 heterocycles. The van der Waals surface area contributed by atoms with Crippen molar-refractivity contribution in [1.82, 2.24) is 5.32 Å². The predicted octanol–water partition coefficient (Wildman–Crippen LogP) is -2.13. The molecule has 6 atom stereocenters. The van der Waals surface area contributed by atoms with Crippen LogP contribution in [0, 0.1) is 0 Å². The number of hydrogen-bond donors (Lipinski definition) is 5. The van der Waals surface area contributed by atoms with Crippen molar-refractivity contribution in [2.24, 2.45) is 4.99 Å². The molecule has 8 heteroatoms. The molecule has 0 aliphatic carbocycles. The molecule has 0 spiro atoms. The lowest BCUT2D eigenvalue weighted by atomic mass is 9.95. The summed E-state index contributed by atoms with van der Waals surface area (Å²) in [5, 5.41) is 41.5. The predicted molar refractivity (Wildman–Crippen MR) is 66.3 cm³/mol. The zero-order chi connectivity index (χ0) is 13.3. The summed E-state index contributed by atoms with van der Waals surface area (Å²) in [5.74, 6) is 0. The lowest BCUT2D eigenvalue weighted by molar-refractivity contribution is -0.181. The number of hydrogen-bond acceptors (Lipinski definition) is 8. The zero-order valence-electron chi connectivity index (χ0n) is 9.93. The molecular weight excluding hydrogens is 260 g/mol. The van der Waals surface area contributed by atoms with E-state index in [1.54, 1.807) is 0 Å². The van der Waals surface area contributed by atoms with Gasteiger partial charge in [-0.15, -0.1) is 0 Å². The van der Waals surface area contributed by atoms with Gasteiger partial charge in [0, 0.05) is 6.54 Å². The first kappa shape index (κ1) is 14.0. The van der Waals surface area contributed by atoms with Gasteiger partial charge in [0.2, 0.25) is 0 Å². The van der Waals surface area contributed by atoms with E-state index >= 15 is 0 Å². The van der Waals surface area contributed by atoms with Gasteiger partial charge in [0.25, 0.3) is 0 Å². The van der Waals surface area contributed by atoms with Gasteiger partial charge in [-0.2, -0.15) is 0 Å². The molecule has 0 bridgehead atoms. The third-order valence-corrected chi connectivity index (χ3v) is 4.06. The zero-order valence-corrected chi connectivity index (χ0v) is 10.7. The number of amidine groups is 1. The lowest BCUT2D eigenvalue weighted by Crippen LogP contribution is -2.57. The van der Waals surface area contributed by atoms with Crippen molar-refractivity contribution < 1.29 is 25.2 Å². The van der Waals surface area contributed by atoms with Crippen LogP contribution in [-0.4, -0.2) is 74.6 Å². The molecule has 0 saturated carbocycles. The van der Waals surface area contributed by atoms with Crippen LogP contribution in [0.3, 0.4) is 0 Å². The van der Waals surface area contributed by atoms with Crippen LogP contribution in [0.4, 0.5) is 0 Å². The summed E-state index contributed by atoms with van der Waals surface area (Å²) in [6, 6.07) is -0.554. The minimum atomic E-state index is -1.16. The Morgan fingerprint density at radius 3 is 2.78 bits per heavy atom. The van der Waals surface area contributed by atoms with Crippen molar-refractivity contribution in [2.45, 2.75) is 42.8 Å². The van der Waals surface area contributed by atoms with Gasteiger partial charge in [0.15, 0.2) is 5.17 Å². The van der Waals surface area contributed by atoms with Gasteiger partial charge in [-0.05, 0) is 6.92 Å². The van der Waals surface area contributed by atoms with Crippen LogP contribution in [0.5, 0.6) is 0 Å². The fraction of sp³-hybridized carbons (Fsp3) is 0.900. The maximum absolute atomic E-state index is 9.97. The van der Waals surface area contributed by atoms with Crippen molar-refractivity contribution in [3.05, 3.63) is 0 Å². The van der Waals surface area contributed by atoms with E-state index in [9.17, 15) is 15.3 Å². The molecule has 0 amide bonds. The second kappa shape index (κ2) is 5.72. The molecule has 0 aromatic heterocycles. The van der Waals surface area contributed by atoms with E-state index in [1.165, 1.54) is 18.7 Å². The number of ether oxygens (including phenoxy) is 1. The van der Waals surface area contributed by atoms with E-state index in [0.29, 0.717) is 11.7 Å². The Morgan fingerprint density at radius 1 is 1.44 bits per heavy atom. The number of nitrogens with one attached hydrogen (secondary N) is 1. The van der Waals surface area contributed by atoms with Crippen LogP contribution in [0.15, 0.2) is 4.99 Å². The third kappa shape index (κ3) is 2.63. The molecule has 104 valence electrons. The summed E-state index contributed by atoms with van der Waals surface area (Å²) in [6.45, 7) is 1.85. The summed E-state index contributed by atoms with van der Waals surface area (Å²) in [7, 11) is 0. The minimum absolute atomic E-state index is 0.0166. The molecule has 0 aromatic carbocycles. The molecule has 0 unspecified atom stereocenters. The van der Waals surface area contributed by atoms with E-state index in [4.69, 9.17) is 9.84 Å². The van der Waals surface area contributed by atoms with Crippen LogP contribution in [0.2, 0.25) is 0 Å². The molecular formula is C10H18N2O5S. The summed E-state index contributed by atoms with van der Waals surface area (Å²) in [6.07, 6.45) is -3.91. The molecule has 2 aliphatic heterocycles. The Bertz CT molecular complexity index is 327. The quantitative estimate of drug-likeness (QED) is 0.400. The number of thioether (sulfide) groups is 1. The van der Waals surface area contributed by atoms with Crippen molar-refractivity contribution in [1.29, 1.82) is 0 Å². The van der Waals surface area contributed by atoms with E-state index < -0.39 is 35.9 Å². The fourth-order valence-electron chi connectivity index (χ4n) is 2.03. The Balaban J connectivity index is 2.04. The molecule has 7 nitrogen and oxygen atoms in total. The van der Waals surface area contributed by atoms with Gasteiger partial charge in [-0.25, -0.2) is 0 Å². The second-order valence-electron chi connectivity index (χ2n) is 4.38. The molecule has 0 aromatic rings. The molecule has 1 saturated heterocycles. The van der Waals surface area contributed by atoms with Crippen LogP contribution >= 0.6 is 11.8 Å². The van der Waals surface area contributed by atoms with Crippen molar-refractivity contribution >= 4 is 16.9 Å². The maximum atomic E-state index is 9.97. The van der Waals surface area contributed by atoms with Gasteiger partial charge in [-0.3, -0.25) is 4.99 Å². The average Bonchev–Trinajstić information content (AvgIpc) is 2.74. The van der Waals surface area contributed by atoms with Crippen molar-refractivity contribution in [2.75, 3.05) is 13.2 Å². The monoisotopic (exact) mass is 278 g/mol. The van der Waals surface area contributed by atoms with Crippen molar-refractivity contribution in [3.8, 4) is 0 Å². The van der Waals surface area contributed by atoms with Gasteiger partial charge < -0.3 is 30.5 Å². The molecule has 2 rings (SSSR count). The standard InChI is InChI=1S/C10H18N2O5S/c1-4(14)8-7(16)6(15)5-9(17-8)18-10(12-5)11-2-3-13/h4-9,13-16H,2-3H2,1H3,(H,11,12)/t4-,5+,6+,7-,8+,9+/m0/s1. The molecule has 2 aliphatic rings. The molecule has 0 radical (unpaired) electrons. The first-order valence-corrected chi connectivity index (χ1v) is 6.71. The van der Waals surface area contributed by atoms with Crippen LogP contribution < -0.4 is 5.32 Å². The van der Waals surface area contributed by atoms with Gasteiger partial charge >= 0.3 is 0 Å². The van der Waals surface area contributed by atoms with E-state index in [0.717, 1.165) is 0 Å². The average molecular weight is 278 g/mol. The van der Waals surface area contributed by atoms with Gasteiger partial charge in [0.05, 0.1) is 12.7 Å². The summed E-state index contributed by atoms with van der Waals surface area (Å²) in [4.78, 5) is 4.21. The number of aliphatic imine (C=N–C) groups is 1. The summed E-state index contributed by atoms with van der Waals surface area (Å²) in [5.41, 5.74) is -0.427. The number of nitrogens with zero attached hydrogens (tertiary/aromatic N) is 1. The van der Waals surface area contributed by atoms with Gasteiger partial charge in [-0.1, -0.05) is 11.8 Å². The topological polar surface area (TPSA) is 115 Å². The van der Waals surface area contributed by atoms with E-state index in [1.807, 2.05) is 0 Å². The smallest absolute Gasteiger partial charge is 0.159 e. The first-order valence-electron chi connectivity index (χ1n) is 5.83. The van der Waals surface area contributed by atoms with Crippen LogP contribution in [0.25, 0.3) is 0 Å². The van der Waals surface area contributed by atoms with Crippen LogP contribution in [-0.2, 0) is 4.74 Å². The van der Waals surface area contributed by atoms with Gasteiger partial charge in [0.1, 0.15) is 29.8 Å². The largest absolute Gasteiger partial charge is 0.395 e. The van der Waals surface area contributed by atoms with E-state index in [2.05, 4.69) is 10.3 Å². The number of rotatable bonds is 3. The number of aliphatic hydroxyl groups is 4. The second-order valence-corrected chi connectivity index (χ2v) is 5.47. The molecule has 5 N–H and O–H groups in total. The lowest BCUT2D eigenvalue weighted by Gasteiger charge is -2.39. The Labute approximate surface area is 109 Å². The summed E-state index contributed by atoms with van der Waals surface area (Å²) < 4.78 is 5.55. The minimum Gasteiger partial charge on any atom is -0.395 e. The Kier molecular flexibility index (Phi) is 4.46. The highest BCUT2D eigenvalue weighted by Crippen LogP contribution is 2.36. The third-order valence-electron chi connectivity index (χ3n) is 2.96. The SMILES string of the molecule is C[C@H](O)[C@H]1O[C@@H]2SC(NCCO)=N[C@@H]2[C@@H](O)[C@@H]1O. The maximum Gasteiger partial charge on any atom is 0.159 e. The summed E-state index contributed by atoms with van der Waals surface area (Å²) >= 11 is 1.28.